The van der Waals surface area contributed by atoms with E-state index in [1.54, 1.807) is 44.2 Å². The van der Waals surface area contributed by atoms with Crippen LogP contribution >= 0.6 is 0 Å². The number of methoxy groups -OCH3 is 1. The molecule has 8 heteroatoms. The average Bonchev–Trinajstić information content (AvgIpc) is 3.57. The number of rotatable bonds is 6. The maximum atomic E-state index is 13.5. The molecule has 1 amide bonds. The minimum Gasteiger partial charge on any atom is -0.496 e. The third kappa shape index (κ3) is 4.32. The zero-order chi connectivity index (χ0) is 22.6. The van der Waals surface area contributed by atoms with Crippen molar-refractivity contribution in [3.63, 3.8) is 0 Å². The molecule has 1 N–H and O–H groups in total. The van der Waals surface area contributed by atoms with E-state index in [4.69, 9.17) is 9.72 Å². The Balaban J connectivity index is 1.38. The van der Waals surface area contributed by atoms with E-state index in [9.17, 15) is 4.79 Å². The molecule has 0 radical (unpaired) electrons. The quantitative estimate of drug-likeness (QED) is 0.489. The van der Waals surface area contributed by atoms with Crippen molar-refractivity contribution in [3.8, 4) is 17.3 Å². The molecule has 0 spiro atoms. The molecular weight excluding hydrogens is 416 g/mol. The van der Waals surface area contributed by atoms with Crippen molar-refractivity contribution in [2.24, 2.45) is 0 Å². The summed E-state index contributed by atoms with van der Waals surface area (Å²) in [7, 11) is 1.66. The van der Waals surface area contributed by atoms with Gasteiger partial charge in [0.2, 0.25) is 0 Å². The van der Waals surface area contributed by atoms with Crippen LogP contribution in [0, 0.1) is 0 Å². The lowest BCUT2D eigenvalue weighted by Crippen LogP contribution is -2.31. The summed E-state index contributed by atoms with van der Waals surface area (Å²) in [5.74, 6) is 1.45. The van der Waals surface area contributed by atoms with Gasteiger partial charge in [0.15, 0.2) is 5.82 Å². The first-order chi connectivity index (χ1) is 16.2. The number of hydrogen-bond acceptors (Lipinski definition) is 6. The molecule has 33 heavy (non-hydrogen) atoms. The van der Waals surface area contributed by atoms with E-state index in [-0.39, 0.29) is 11.9 Å². The van der Waals surface area contributed by atoms with Crippen LogP contribution in [0.3, 0.4) is 0 Å². The van der Waals surface area contributed by atoms with Crippen molar-refractivity contribution in [1.29, 1.82) is 0 Å². The van der Waals surface area contributed by atoms with E-state index in [0.717, 1.165) is 35.5 Å². The van der Waals surface area contributed by atoms with Gasteiger partial charge in [0.25, 0.3) is 5.91 Å². The van der Waals surface area contributed by atoms with Gasteiger partial charge in [0, 0.05) is 48.4 Å². The number of likely N-dealkylation sites (tertiary alicyclic amines) is 1. The Bertz CT molecular complexity index is 1260. The molecule has 1 aliphatic rings. The molecule has 8 nitrogen and oxygen atoms in total. The number of amides is 1. The van der Waals surface area contributed by atoms with Gasteiger partial charge < -0.3 is 14.6 Å². The highest BCUT2D eigenvalue weighted by atomic mass is 16.5. The number of aromatic amines is 1. The average molecular weight is 441 g/mol. The Morgan fingerprint density at radius 2 is 2.09 bits per heavy atom. The zero-order valence-electron chi connectivity index (χ0n) is 18.3. The van der Waals surface area contributed by atoms with Crippen molar-refractivity contribution in [2.45, 2.75) is 25.3 Å². The number of benzene rings is 1. The standard InChI is InChI=1S/C25H24N6O2/c1-33-23-7-3-2-5-17(23)13-19-14-18(8-9-27-19)25(32)31-12-4-6-22(31)20-15-26-16-21(30-20)24-28-10-11-29-24/h2-3,5,7-11,14-16,22H,4,6,12-13H2,1H3,(H,28,29)/t22-/m1/s1. The van der Waals surface area contributed by atoms with Gasteiger partial charge in [-0.25, -0.2) is 9.97 Å². The number of para-hydroxylation sites is 1. The Kier molecular flexibility index (Phi) is 5.80. The van der Waals surface area contributed by atoms with Crippen LogP contribution in [0.2, 0.25) is 0 Å². The summed E-state index contributed by atoms with van der Waals surface area (Å²) in [6, 6.07) is 11.4. The lowest BCUT2D eigenvalue weighted by Gasteiger charge is -2.24. The first-order valence-electron chi connectivity index (χ1n) is 10.9. The largest absolute Gasteiger partial charge is 0.496 e. The molecule has 166 valence electrons. The first-order valence-corrected chi connectivity index (χ1v) is 10.9. The number of carbonyl (C=O) groups excluding carboxylic acids is 1. The van der Waals surface area contributed by atoms with Crippen molar-refractivity contribution in [1.82, 2.24) is 29.8 Å². The number of imidazole rings is 1. The fourth-order valence-electron chi connectivity index (χ4n) is 4.30. The molecule has 0 aliphatic carbocycles. The number of nitrogens with one attached hydrogen (secondary N) is 1. The van der Waals surface area contributed by atoms with Crippen LogP contribution < -0.4 is 4.74 Å². The van der Waals surface area contributed by atoms with Crippen LogP contribution in [-0.2, 0) is 6.42 Å². The van der Waals surface area contributed by atoms with Crippen LogP contribution in [0.1, 0.15) is 46.2 Å². The number of ether oxygens (including phenoxy) is 1. The molecular formula is C25H24N6O2. The highest BCUT2D eigenvalue weighted by molar-refractivity contribution is 5.94. The molecule has 4 heterocycles. The van der Waals surface area contributed by atoms with Crippen molar-refractivity contribution in [2.75, 3.05) is 13.7 Å². The topological polar surface area (TPSA) is 96.9 Å². The second kappa shape index (κ2) is 9.20. The van der Waals surface area contributed by atoms with Crippen LogP contribution in [0.4, 0.5) is 0 Å². The molecule has 3 aromatic heterocycles. The zero-order valence-corrected chi connectivity index (χ0v) is 18.3. The fraction of sp³-hybridized carbons (Fsp3) is 0.240. The molecule has 1 fully saturated rings. The fourth-order valence-corrected chi connectivity index (χ4v) is 4.30. The second-order valence-corrected chi connectivity index (χ2v) is 7.95. The monoisotopic (exact) mass is 440 g/mol. The molecule has 0 bridgehead atoms. The second-order valence-electron chi connectivity index (χ2n) is 7.95. The van der Waals surface area contributed by atoms with Crippen molar-refractivity contribution >= 4 is 5.91 Å². The summed E-state index contributed by atoms with van der Waals surface area (Å²) >= 11 is 0. The summed E-state index contributed by atoms with van der Waals surface area (Å²) < 4.78 is 5.45. The summed E-state index contributed by atoms with van der Waals surface area (Å²) in [6.07, 6.45) is 10.9. The number of carbonyl (C=O) groups is 1. The molecule has 1 saturated heterocycles. The highest BCUT2D eigenvalue weighted by Crippen LogP contribution is 2.32. The van der Waals surface area contributed by atoms with Crippen molar-refractivity contribution in [3.05, 3.63) is 89.9 Å². The highest BCUT2D eigenvalue weighted by Gasteiger charge is 2.32. The normalized spacial score (nSPS) is 15.5. The third-order valence-electron chi connectivity index (χ3n) is 5.88. The first kappa shape index (κ1) is 20.8. The molecule has 1 atom stereocenters. The van der Waals surface area contributed by atoms with E-state index < -0.39 is 0 Å². The Morgan fingerprint density at radius 1 is 1.18 bits per heavy atom. The van der Waals surface area contributed by atoms with Crippen LogP contribution in [0.15, 0.2) is 67.4 Å². The Morgan fingerprint density at radius 3 is 2.94 bits per heavy atom. The summed E-state index contributed by atoms with van der Waals surface area (Å²) in [5.41, 5.74) is 3.91. The molecule has 0 unspecified atom stereocenters. The summed E-state index contributed by atoms with van der Waals surface area (Å²) in [5, 5.41) is 0. The maximum Gasteiger partial charge on any atom is 0.254 e. The number of pyridine rings is 1. The van der Waals surface area contributed by atoms with Gasteiger partial charge >= 0.3 is 0 Å². The molecule has 4 aromatic rings. The number of nitrogens with zero attached hydrogens (tertiary/aromatic N) is 5. The smallest absolute Gasteiger partial charge is 0.254 e. The van der Waals surface area contributed by atoms with Gasteiger partial charge in [-0.15, -0.1) is 0 Å². The molecule has 5 rings (SSSR count). The van der Waals surface area contributed by atoms with Gasteiger partial charge in [-0.3, -0.25) is 14.8 Å². The molecule has 1 aromatic carbocycles. The minimum atomic E-state index is -0.120. The third-order valence-corrected chi connectivity index (χ3v) is 5.88. The van der Waals surface area contributed by atoms with Gasteiger partial charge in [0.05, 0.1) is 31.2 Å². The van der Waals surface area contributed by atoms with E-state index in [0.29, 0.717) is 30.0 Å². The van der Waals surface area contributed by atoms with Crippen LogP contribution in [-0.4, -0.2) is 49.4 Å². The molecule has 0 saturated carbocycles. The van der Waals surface area contributed by atoms with E-state index in [1.165, 1.54) is 0 Å². The molecule has 1 aliphatic heterocycles. The lowest BCUT2D eigenvalue weighted by molar-refractivity contribution is 0.0732. The van der Waals surface area contributed by atoms with Crippen molar-refractivity contribution < 1.29 is 9.53 Å². The van der Waals surface area contributed by atoms with Gasteiger partial charge in [-0.2, -0.15) is 0 Å². The SMILES string of the molecule is COc1ccccc1Cc1cc(C(=O)N2CCC[C@@H]2c2cncc(-c3ncc[nH]3)n2)ccn1. The number of H-pyrrole nitrogens is 1. The van der Waals surface area contributed by atoms with E-state index >= 15 is 0 Å². The summed E-state index contributed by atoms with van der Waals surface area (Å²) in [4.78, 5) is 36.2. The van der Waals surface area contributed by atoms with Gasteiger partial charge in [-0.05, 0) is 31.0 Å². The number of hydrogen-bond donors (Lipinski definition) is 1. The Hall–Kier alpha value is -4.07. The van der Waals surface area contributed by atoms with Gasteiger partial charge in [0.1, 0.15) is 11.4 Å². The Labute approximate surface area is 191 Å². The predicted octanol–water partition coefficient (Wildman–Crippen LogP) is 3.84. The van der Waals surface area contributed by atoms with Crippen LogP contribution in [0.25, 0.3) is 11.5 Å². The minimum absolute atomic E-state index is 0.0219. The predicted molar refractivity (Wildman–Crippen MR) is 123 cm³/mol. The number of aromatic nitrogens is 5. The summed E-state index contributed by atoms with van der Waals surface area (Å²) in [6.45, 7) is 0.681. The van der Waals surface area contributed by atoms with Gasteiger partial charge in [-0.1, -0.05) is 18.2 Å². The van der Waals surface area contributed by atoms with E-state index in [2.05, 4.69) is 19.9 Å². The van der Waals surface area contributed by atoms with E-state index in [1.807, 2.05) is 35.2 Å². The lowest BCUT2D eigenvalue weighted by atomic mass is 10.1. The van der Waals surface area contributed by atoms with Crippen LogP contribution in [0.5, 0.6) is 5.75 Å². The maximum absolute atomic E-state index is 13.5.